The Balaban J connectivity index is 1.55. The molecule has 2 heterocycles. The normalized spacial score (nSPS) is 11.2. The number of esters is 1. The highest BCUT2D eigenvalue weighted by molar-refractivity contribution is 5.98. The van der Waals surface area contributed by atoms with E-state index in [1.54, 1.807) is 13.2 Å². The minimum Gasteiger partial charge on any atom is -0.488 e. The summed E-state index contributed by atoms with van der Waals surface area (Å²) in [7, 11) is 1.91. The summed E-state index contributed by atoms with van der Waals surface area (Å²) in [5.74, 6) is 0.364. The molecule has 2 N–H and O–H groups in total. The van der Waals surface area contributed by atoms with E-state index in [0.29, 0.717) is 18.9 Å². The Labute approximate surface area is 221 Å². The molecule has 3 aromatic carbocycles. The number of furan rings is 1. The molecule has 0 amide bonds. The van der Waals surface area contributed by atoms with E-state index in [2.05, 4.69) is 29.4 Å². The first kappa shape index (κ1) is 25.3. The van der Waals surface area contributed by atoms with Gasteiger partial charge in [0.15, 0.2) is 0 Å². The van der Waals surface area contributed by atoms with Gasteiger partial charge < -0.3 is 19.6 Å². The Bertz CT molecular complexity index is 1600. The van der Waals surface area contributed by atoms with Gasteiger partial charge >= 0.3 is 5.97 Å². The average Bonchev–Trinajstić information content (AvgIpc) is 3.49. The Morgan fingerprint density at radius 3 is 2.63 bits per heavy atom. The molecule has 0 saturated heterocycles. The maximum Gasteiger partial charge on any atom is 0.310 e. The lowest BCUT2D eigenvalue weighted by atomic mass is 9.95. The molecule has 2 aromatic heterocycles. The summed E-state index contributed by atoms with van der Waals surface area (Å²) in [6, 6.07) is 20.1. The summed E-state index contributed by atoms with van der Waals surface area (Å²) in [6.07, 6.45) is 3.91. The van der Waals surface area contributed by atoms with Gasteiger partial charge in [0.25, 0.3) is 0 Å². The van der Waals surface area contributed by atoms with Gasteiger partial charge in [0.2, 0.25) is 0 Å². The highest BCUT2D eigenvalue weighted by Gasteiger charge is 2.18. The van der Waals surface area contributed by atoms with Crippen molar-refractivity contribution in [3.05, 3.63) is 95.5 Å². The highest BCUT2D eigenvalue weighted by Crippen LogP contribution is 2.38. The third-order valence-electron chi connectivity index (χ3n) is 6.55. The molecule has 0 bridgehead atoms. The SMILES string of the molecule is CCOC(=O)Cc1ccccc1OCc1coc2c(-c3cn(C)nc3C)cc(-c3cccc(CN)c3)cc12. The molecule has 0 saturated carbocycles. The fraction of sp³-hybridized carbons (Fsp3) is 0.226. The minimum atomic E-state index is -0.279. The van der Waals surface area contributed by atoms with Crippen molar-refractivity contribution in [1.29, 1.82) is 0 Å². The predicted molar refractivity (Wildman–Crippen MR) is 148 cm³/mol. The van der Waals surface area contributed by atoms with Gasteiger partial charge in [0, 0.05) is 47.4 Å². The zero-order chi connectivity index (χ0) is 26.6. The van der Waals surface area contributed by atoms with Crippen molar-refractivity contribution in [1.82, 2.24) is 9.78 Å². The van der Waals surface area contributed by atoms with Crippen LogP contribution in [0.15, 0.2) is 77.5 Å². The molecule has 0 radical (unpaired) electrons. The number of aryl methyl sites for hydroxylation is 2. The zero-order valence-corrected chi connectivity index (χ0v) is 21.9. The first-order valence-corrected chi connectivity index (χ1v) is 12.7. The lowest BCUT2D eigenvalue weighted by Crippen LogP contribution is -2.09. The number of ether oxygens (including phenoxy) is 2. The summed E-state index contributed by atoms with van der Waals surface area (Å²) >= 11 is 0. The number of aromatic nitrogens is 2. The number of hydrogen-bond donors (Lipinski definition) is 1. The molecule has 194 valence electrons. The number of carbonyl (C=O) groups excluding carboxylic acids is 1. The van der Waals surface area contributed by atoms with Gasteiger partial charge in [0.05, 0.1) is 25.0 Å². The molecule has 0 atom stereocenters. The molecular formula is C31H31N3O4. The van der Waals surface area contributed by atoms with E-state index < -0.39 is 0 Å². The first-order chi connectivity index (χ1) is 18.5. The standard InChI is InChI=1S/C31H31N3O4/c1-4-36-30(35)15-23-9-5-6-11-29(23)37-18-25-19-38-31-26(25)13-24(22-10-7-8-21(12-22)16-32)14-27(31)28-17-34(3)33-20(28)2/h5-14,17,19H,4,15-16,18,32H2,1-3H3. The molecule has 0 unspecified atom stereocenters. The number of para-hydroxylation sites is 1. The molecule has 38 heavy (non-hydrogen) atoms. The van der Waals surface area contributed by atoms with Crippen LogP contribution in [0.25, 0.3) is 33.2 Å². The number of rotatable bonds is 9. The summed E-state index contributed by atoms with van der Waals surface area (Å²) in [4.78, 5) is 12.1. The fourth-order valence-corrected chi connectivity index (χ4v) is 4.72. The summed E-state index contributed by atoms with van der Waals surface area (Å²) in [5.41, 5.74) is 14.5. The van der Waals surface area contributed by atoms with Crippen molar-refractivity contribution in [3.63, 3.8) is 0 Å². The van der Waals surface area contributed by atoms with Crippen molar-refractivity contribution in [3.8, 4) is 28.0 Å². The van der Waals surface area contributed by atoms with Crippen LogP contribution in [0.3, 0.4) is 0 Å². The van der Waals surface area contributed by atoms with Crippen LogP contribution in [0.4, 0.5) is 0 Å². The number of benzene rings is 3. The second-order valence-electron chi connectivity index (χ2n) is 9.25. The van der Waals surface area contributed by atoms with E-state index in [0.717, 1.165) is 55.6 Å². The molecule has 7 nitrogen and oxygen atoms in total. The van der Waals surface area contributed by atoms with Crippen LogP contribution < -0.4 is 10.5 Å². The van der Waals surface area contributed by atoms with Crippen molar-refractivity contribution in [2.45, 2.75) is 33.4 Å². The Morgan fingerprint density at radius 2 is 1.87 bits per heavy atom. The number of nitrogens with two attached hydrogens (primary N) is 1. The molecule has 0 aliphatic carbocycles. The lowest BCUT2D eigenvalue weighted by molar-refractivity contribution is -0.142. The minimum absolute atomic E-state index is 0.155. The monoisotopic (exact) mass is 509 g/mol. The van der Waals surface area contributed by atoms with Crippen LogP contribution in [0.2, 0.25) is 0 Å². The maximum atomic E-state index is 12.1. The van der Waals surface area contributed by atoms with Crippen LogP contribution in [0.1, 0.15) is 29.3 Å². The van der Waals surface area contributed by atoms with Crippen LogP contribution in [0, 0.1) is 6.92 Å². The smallest absolute Gasteiger partial charge is 0.310 e. The Hall–Kier alpha value is -4.36. The molecule has 0 aliphatic heterocycles. The largest absolute Gasteiger partial charge is 0.488 e. The molecule has 5 aromatic rings. The van der Waals surface area contributed by atoms with E-state index in [-0.39, 0.29) is 19.0 Å². The van der Waals surface area contributed by atoms with Gasteiger partial charge in [-0.15, -0.1) is 0 Å². The zero-order valence-electron chi connectivity index (χ0n) is 21.9. The van der Waals surface area contributed by atoms with E-state index >= 15 is 0 Å². The molecule has 7 heteroatoms. The molecular weight excluding hydrogens is 478 g/mol. The second-order valence-corrected chi connectivity index (χ2v) is 9.25. The summed E-state index contributed by atoms with van der Waals surface area (Å²) in [5, 5.41) is 5.51. The lowest BCUT2D eigenvalue weighted by Gasteiger charge is -2.12. The molecule has 0 spiro atoms. The number of carbonyl (C=O) groups is 1. The van der Waals surface area contributed by atoms with Crippen LogP contribution in [0.5, 0.6) is 5.75 Å². The van der Waals surface area contributed by atoms with E-state index in [9.17, 15) is 4.79 Å². The Morgan fingerprint density at radius 1 is 1.03 bits per heavy atom. The average molecular weight is 510 g/mol. The van der Waals surface area contributed by atoms with E-state index in [4.69, 9.17) is 19.6 Å². The van der Waals surface area contributed by atoms with Crippen molar-refractivity contribution in [2.24, 2.45) is 12.8 Å². The third kappa shape index (κ3) is 5.19. The van der Waals surface area contributed by atoms with Gasteiger partial charge in [0.1, 0.15) is 17.9 Å². The van der Waals surface area contributed by atoms with Gasteiger partial charge in [-0.25, -0.2) is 0 Å². The molecule has 0 aliphatic rings. The second kappa shape index (κ2) is 10.9. The van der Waals surface area contributed by atoms with Crippen LogP contribution in [-0.2, 0) is 36.2 Å². The maximum absolute atomic E-state index is 12.1. The van der Waals surface area contributed by atoms with E-state index in [1.165, 1.54) is 0 Å². The number of fused-ring (bicyclic) bond motifs is 1. The molecule has 5 rings (SSSR count). The van der Waals surface area contributed by atoms with Gasteiger partial charge in [-0.05, 0) is 54.8 Å². The van der Waals surface area contributed by atoms with Gasteiger partial charge in [-0.1, -0.05) is 36.4 Å². The van der Waals surface area contributed by atoms with Crippen molar-refractivity contribution < 1.29 is 18.7 Å². The Kier molecular flexibility index (Phi) is 7.29. The van der Waals surface area contributed by atoms with Crippen LogP contribution >= 0.6 is 0 Å². The highest BCUT2D eigenvalue weighted by atomic mass is 16.5. The quantitative estimate of drug-likeness (QED) is 0.247. The fourth-order valence-electron chi connectivity index (χ4n) is 4.72. The van der Waals surface area contributed by atoms with Gasteiger partial charge in [-0.2, -0.15) is 5.10 Å². The number of nitrogens with zero attached hydrogens (tertiary/aromatic N) is 2. The van der Waals surface area contributed by atoms with E-state index in [1.807, 2.05) is 61.2 Å². The summed E-state index contributed by atoms with van der Waals surface area (Å²) < 4.78 is 19.3. The first-order valence-electron chi connectivity index (χ1n) is 12.7. The topological polar surface area (TPSA) is 92.5 Å². The third-order valence-corrected chi connectivity index (χ3v) is 6.55. The predicted octanol–water partition coefficient (Wildman–Crippen LogP) is 5.95. The van der Waals surface area contributed by atoms with Crippen LogP contribution in [-0.4, -0.2) is 22.4 Å². The van der Waals surface area contributed by atoms with Gasteiger partial charge in [-0.3, -0.25) is 9.48 Å². The molecule has 0 fully saturated rings. The summed E-state index contributed by atoms with van der Waals surface area (Å²) in [6.45, 7) is 4.89. The van der Waals surface area contributed by atoms with Crippen molar-refractivity contribution >= 4 is 16.9 Å². The van der Waals surface area contributed by atoms with Crippen molar-refractivity contribution in [2.75, 3.05) is 6.61 Å². The number of hydrogen-bond acceptors (Lipinski definition) is 6.